The van der Waals surface area contributed by atoms with Crippen LogP contribution in [0.5, 0.6) is 0 Å². The quantitative estimate of drug-likeness (QED) is 0.665. The molecule has 0 fully saturated rings. The zero-order valence-electron chi connectivity index (χ0n) is 14.1. The van der Waals surface area contributed by atoms with Gasteiger partial charge < -0.3 is 10.6 Å². The summed E-state index contributed by atoms with van der Waals surface area (Å²) in [7, 11) is 0. The van der Waals surface area contributed by atoms with Gasteiger partial charge in [0.25, 0.3) is 5.91 Å². The fourth-order valence-corrected chi connectivity index (χ4v) is 3.16. The first-order valence-corrected chi connectivity index (χ1v) is 8.26. The molecule has 1 heterocycles. The molecule has 1 unspecified atom stereocenters. The Kier molecular flexibility index (Phi) is 4.72. The van der Waals surface area contributed by atoms with E-state index in [9.17, 15) is 14.8 Å². The number of urea groups is 1. The summed E-state index contributed by atoms with van der Waals surface area (Å²) >= 11 is 0. The Morgan fingerprint density at radius 2 is 1.92 bits per heavy atom. The molecule has 0 aliphatic carbocycles. The Balaban J connectivity index is 1.90. The molecular formula is C19H21N3O3. The summed E-state index contributed by atoms with van der Waals surface area (Å²) < 4.78 is 0. The molecule has 0 aromatic heterocycles. The van der Waals surface area contributed by atoms with Crippen LogP contribution >= 0.6 is 0 Å². The topological polar surface area (TPSA) is 86.9 Å². The second-order valence-corrected chi connectivity index (χ2v) is 6.17. The van der Waals surface area contributed by atoms with E-state index in [1.165, 1.54) is 0 Å². The van der Waals surface area contributed by atoms with Crippen molar-refractivity contribution < 1.29 is 14.8 Å². The minimum absolute atomic E-state index is 0.0248. The van der Waals surface area contributed by atoms with Gasteiger partial charge in [0.2, 0.25) is 0 Å². The Morgan fingerprint density at radius 1 is 1.20 bits per heavy atom. The van der Waals surface area contributed by atoms with Crippen LogP contribution in [-0.2, 0) is 6.42 Å². The van der Waals surface area contributed by atoms with Gasteiger partial charge >= 0.3 is 6.03 Å². The summed E-state index contributed by atoms with van der Waals surface area (Å²) in [5.74, 6) is -0.0248. The Morgan fingerprint density at radius 3 is 2.60 bits per heavy atom. The number of anilines is 1. The lowest BCUT2D eigenvalue weighted by Gasteiger charge is -2.31. The lowest BCUT2D eigenvalue weighted by Crippen LogP contribution is -2.36. The summed E-state index contributed by atoms with van der Waals surface area (Å²) in [5.41, 5.74) is 8.45. The van der Waals surface area contributed by atoms with Crippen molar-refractivity contribution in [1.82, 2.24) is 5.06 Å². The van der Waals surface area contributed by atoms with Gasteiger partial charge in [0.1, 0.15) is 0 Å². The van der Waals surface area contributed by atoms with Crippen LogP contribution in [0, 0.1) is 0 Å². The summed E-state index contributed by atoms with van der Waals surface area (Å²) in [4.78, 5) is 25.7. The molecule has 1 aliphatic heterocycles. The van der Waals surface area contributed by atoms with Crippen LogP contribution in [0.15, 0.2) is 48.5 Å². The number of amides is 3. The molecule has 0 spiro atoms. The summed E-state index contributed by atoms with van der Waals surface area (Å²) in [6, 6.07) is 13.4. The molecule has 1 aliphatic rings. The minimum Gasteiger partial charge on any atom is -0.350 e. The maximum Gasteiger partial charge on any atom is 0.339 e. The monoisotopic (exact) mass is 339 g/mol. The van der Waals surface area contributed by atoms with Crippen LogP contribution in [0.3, 0.4) is 0 Å². The number of benzene rings is 2. The number of carbonyl (C=O) groups excluding carboxylic acids is 2. The molecular weight excluding hydrogens is 318 g/mol. The van der Waals surface area contributed by atoms with Crippen LogP contribution in [0.25, 0.3) is 0 Å². The Labute approximate surface area is 146 Å². The molecule has 3 amide bonds. The van der Waals surface area contributed by atoms with E-state index in [0.717, 1.165) is 29.7 Å². The first-order valence-electron chi connectivity index (χ1n) is 8.26. The van der Waals surface area contributed by atoms with E-state index in [4.69, 9.17) is 5.73 Å². The Hall–Kier alpha value is -2.86. The fourth-order valence-electron chi connectivity index (χ4n) is 3.16. The fraction of sp³-hybridized carbons (Fsp3) is 0.263. The zero-order chi connectivity index (χ0) is 18.0. The molecule has 0 bridgehead atoms. The SMILES string of the molecule is CC(c1ccc2c(c1)CCCN2C(=O)c1ccccc1)N(O)C(N)=O. The van der Waals surface area contributed by atoms with Crippen molar-refractivity contribution in [3.8, 4) is 0 Å². The Bertz CT molecular complexity index is 792. The third-order valence-corrected chi connectivity index (χ3v) is 4.56. The summed E-state index contributed by atoms with van der Waals surface area (Å²) in [5, 5.41) is 10.2. The van der Waals surface area contributed by atoms with Gasteiger partial charge in [-0.1, -0.05) is 30.3 Å². The number of fused-ring (bicyclic) bond motifs is 1. The first kappa shape index (κ1) is 17.0. The van der Waals surface area contributed by atoms with Gasteiger partial charge in [-0.25, -0.2) is 4.79 Å². The van der Waals surface area contributed by atoms with Gasteiger partial charge in [-0.15, -0.1) is 0 Å². The van der Waals surface area contributed by atoms with Gasteiger partial charge in [-0.05, 0) is 49.1 Å². The number of nitrogens with zero attached hydrogens (tertiary/aromatic N) is 2. The number of primary amides is 1. The molecule has 6 nitrogen and oxygen atoms in total. The number of hydrogen-bond donors (Lipinski definition) is 2. The van der Waals surface area contributed by atoms with Crippen molar-refractivity contribution in [3.63, 3.8) is 0 Å². The maximum absolute atomic E-state index is 12.8. The minimum atomic E-state index is -0.897. The number of aryl methyl sites for hydroxylation is 1. The largest absolute Gasteiger partial charge is 0.350 e. The van der Waals surface area contributed by atoms with E-state index in [2.05, 4.69) is 0 Å². The number of hydrogen-bond acceptors (Lipinski definition) is 3. The zero-order valence-corrected chi connectivity index (χ0v) is 14.1. The molecule has 25 heavy (non-hydrogen) atoms. The van der Waals surface area contributed by atoms with Crippen molar-refractivity contribution in [2.24, 2.45) is 5.73 Å². The molecule has 6 heteroatoms. The highest BCUT2D eigenvalue weighted by Crippen LogP contribution is 2.32. The van der Waals surface area contributed by atoms with E-state index in [1.54, 1.807) is 11.8 Å². The van der Waals surface area contributed by atoms with Crippen LogP contribution in [0.4, 0.5) is 10.5 Å². The molecule has 0 saturated heterocycles. The summed E-state index contributed by atoms with van der Waals surface area (Å²) in [6.07, 6.45) is 1.71. The molecule has 2 aromatic carbocycles. The van der Waals surface area contributed by atoms with E-state index in [1.807, 2.05) is 48.5 Å². The van der Waals surface area contributed by atoms with Crippen LogP contribution < -0.4 is 10.6 Å². The van der Waals surface area contributed by atoms with Crippen molar-refractivity contribution >= 4 is 17.6 Å². The van der Waals surface area contributed by atoms with Crippen LogP contribution in [0.1, 0.15) is 40.9 Å². The molecule has 0 saturated carbocycles. The highest BCUT2D eigenvalue weighted by Gasteiger charge is 2.25. The van der Waals surface area contributed by atoms with E-state index >= 15 is 0 Å². The molecule has 130 valence electrons. The molecule has 0 radical (unpaired) electrons. The van der Waals surface area contributed by atoms with Gasteiger partial charge in [0.15, 0.2) is 0 Å². The number of carbonyl (C=O) groups is 2. The van der Waals surface area contributed by atoms with E-state index in [0.29, 0.717) is 17.2 Å². The van der Waals surface area contributed by atoms with Gasteiger partial charge in [-0.2, -0.15) is 5.06 Å². The number of hydroxylamine groups is 2. The number of nitrogens with two attached hydrogens (primary N) is 1. The highest BCUT2D eigenvalue weighted by atomic mass is 16.5. The van der Waals surface area contributed by atoms with E-state index < -0.39 is 12.1 Å². The van der Waals surface area contributed by atoms with Crippen LogP contribution in [-0.4, -0.2) is 28.8 Å². The highest BCUT2D eigenvalue weighted by molar-refractivity contribution is 6.06. The predicted octanol–water partition coefficient (Wildman–Crippen LogP) is 3.11. The average Bonchev–Trinajstić information content (AvgIpc) is 2.65. The second-order valence-electron chi connectivity index (χ2n) is 6.17. The standard InChI is InChI=1S/C19H21N3O3/c1-13(22(25)19(20)24)15-9-10-17-16(12-15)8-5-11-21(17)18(23)14-6-3-2-4-7-14/h2-4,6-7,9-10,12-13,25H,5,8,11H2,1H3,(H2,20,24). The van der Waals surface area contributed by atoms with Crippen molar-refractivity contribution in [1.29, 1.82) is 0 Å². The molecule has 1 atom stereocenters. The number of rotatable bonds is 3. The predicted molar refractivity (Wildman–Crippen MR) is 94.5 cm³/mol. The smallest absolute Gasteiger partial charge is 0.339 e. The first-order chi connectivity index (χ1) is 12.0. The van der Waals surface area contributed by atoms with Gasteiger partial charge in [0, 0.05) is 17.8 Å². The van der Waals surface area contributed by atoms with Crippen molar-refractivity contribution in [2.75, 3.05) is 11.4 Å². The van der Waals surface area contributed by atoms with E-state index in [-0.39, 0.29) is 5.91 Å². The lowest BCUT2D eigenvalue weighted by atomic mass is 9.96. The third kappa shape index (κ3) is 3.34. The molecule has 3 rings (SSSR count). The van der Waals surface area contributed by atoms with Gasteiger partial charge in [-0.3, -0.25) is 10.0 Å². The molecule has 3 N–H and O–H groups in total. The summed E-state index contributed by atoms with van der Waals surface area (Å²) in [6.45, 7) is 2.37. The second kappa shape index (κ2) is 6.94. The maximum atomic E-state index is 12.8. The normalized spacial score (nSPS) is 14.6. The molecule has 2 aromatic rings. The third-order valence-electron chi connectivity index (χ3n) is 4.56. The van der Waals surface area contributed by atoms with Crippen molar-refractivity contribution in [2.45, 2.75) is 25.8 Å². The van der Waals surface area contributed by atoms with Crippen LogP contribution in [0.2, 0.25) is 0 Å². The van der Waals surface area contributed by atoms with Crippen molar-refractivity contribution in [3.05, 3.63) is 65.2 Å². The lowest BCUT2D eigenvalue weighted by molar-refractivity contribution is -0.0710. The van der Waals surface area contributed by atoms with Gasteiger partial charge in [0.05, 0.1) is 6.04 Å². The average molecular weight is 339 g/mol.